The van der Waals surface area contributed by atoms with Crippen molar-refractivity contribution in [2.24, 2.45) is 5.92 Å². The van der Waals surface area contributed by atoms with Gasteiger partial charge in [0.05, 0.1) is 12.5 Å². The number of benzene rings is 1. The van der Waals surface area contributed by atoms with E-state index in [1.807, 2.05) is 0 Å². The molecule has 3 aliphatic rings. The summed E-state index contributed by atoms with van der Waals surface area (Å²) in [5.41, 5.74) is 0.639. The molecule has 0 spiro atoms. The summed E-state index contributed by atoms with van der Waals surface area (Å²) in [5, 5.41) is 0. The minimum atomic E-state index is -0.854. The number of anilines is 1. The Morgan fingerprint density at radius 2 is 2.00 bits per heavy atom. The smallest absolute Gasteiger partial charge is 0.347 e. The van der Waals surface area contributed by atoms with Crippen molar-refractivity contribution in [3.8, 4) is 11.5 Å². The molecule has 1 aromatic carbocycles. The summed E-state index contributed by atoms with van der Waals surface area (Å²) < 4.78 is 20.5. The number of rotatable bonds is 3. The quantitative estimate of drug-likeness (QED) is 0.749. The van der Waals surface area contributed by atoms with Gasteiger partial charge in [-0.05, 0) is 12.1 Å². The lowest BCUT2D eigenvalue weighted by Gasteiger charge is -2.17. The molecule has 126 valence electrons. The number of cyclic esters (lactones) is 1. The first-order chi connectivity index (χ1) is 11.6. The number of hydrogen-bond acceptors (Lipinski definition) is 7. The zero-order chi connectivity index (χ0) is 16.7. The maximum Gasteiger partial charge on any atom is 0.347 e. The number of esters is 2. The predicted molar refractivity (Wildman–Crippen MR) is 78.5 cm³/mol. The molecule has 0 N–H and O–H groups in total. The van der Waals surface area contributed by atoms with Crippen LogP contribution in [-0.4, -0.2) is 43.9 Å². The summed E-state index contributed by atoms with van der Waals surface area (Å²) in [6, 6.07) is 5.18. The zero-order valence-corrected chi connectivity index (χ0v) is 12.7. The Morgan fingerprint density at radius 1 is 1.17 bits per heavy atom. The van der Waals surface area contributed by atoms with E-state index in [9.17, 15) is 14.4 Å². The van der Waals surface area contributed by atoms with Gasteiger partial charge in [0.1, 0.15) is 0 Å². The molecule has 2 saturated heterocycles. The van der Waals surface area contributed by atoms with E-state index in [0.29, 0.717) is 23.6 Å². The number of fused-ring (bicyclic) bond motifs is 1. The fourth-order valence-corrected chi connectivity index (χ4v) is 2.99. The number of hydrogen-bond donors (Lipinski definition) is 0. The molecule has 1 aromatic rings. The van der Waals surface area contributed by atoms with E-state index in [-0.39, 0.29) is 32.3 Å². The molecule has 8 heteroatoms. The van der Waals surface area contributed by atoms with Crippen LogP contribution in [0.2, 0.25) is 0 Å². The van der Waals surface area contributed by atoms with Gasteiger partial charge in [-0.3, -0.25) is 9.59 Å². The lowest BCUT2D eigenvalue weighted by Crippen LogP contribution is -2.29. The number of nitrogens with zero attached hydrogens (tertiary/aromatic N) is 1. The second kappa shape index (κ2) is 5.70. The van der Waals surface area contributed by atoms with Gasteiger partial charge < -0.3 is 23.8 Å². The van der Waals surface area contributed by atoms with Crippen molar-refractivity contribution in [3.63, 3.8) is 0 Å². The summed E-state index contributed by atoms with van der Waals surface area (Å²) in [6.45, 7) is 0.613. The monoisotopic (exact) mass is 333 g/mol. The number of carbonyl (C=O) groups is 3. The van der Waals surface area contributed by atoms with Crippen LogP contribution in [0.15, 0.2) is 18.2 Å². The molecule has 24 heavy (non-hydrogen) atoms. The third-order valence-corrected chi connectivity index (χ3v) is 4.27. The van der Waals surface area contributed by atoms with E-state index >= 15 is 0 Å². The normalized spacial score (nSPS) is 25.1. The Kier molecular flexibility index (Phi) is 3.51. The molecule has 0 bridgehead atoms. The van der Waals surface area contributed by atoms with E-state index in [2.05, 4.69) is 0 Å². The number of amides is 1. The van der Waals surface area contributed by atoms with Crippen LogP contribution < -0.4 is 14.4 Å². The van der Waals surface area contributed by atoms with Gasteiger partial charge in [-0.1, -0.05) is 0 Å². The maximum atomic E-state index is 12.2. The third kappa shape index (κ3) is 2.53. The van der Waals surface area contributed by atoms with Crippen molar-refractivity contribution in [3.05, 3.63) is 18.2 Å². The molecular weight excluding hydrogens is 318 g/mol. The third-order valence-electron chi connectivity index (χ3n) is 4.27. The minimum absolute atomic E-state index is 0.0506. The van der Waals surface area contributed by atoms with Gasteiger partial charge in [0.2, 0.25) is 18.8 Å². The van der Waals surface area contributed by atoms with Gasteiger partial charge in [0.15, 0.2) is 11.5 Å². The van der Waals surface area contributed by atoms with Gasteiger partial charge in [-0.25, -0.2) is 4.79 Å². The molecule has 2 unspecified atom stereocenters. The summed E-state index contributed by atoms with van der Waals surface area (Å²) >= 11 is 0. The Morgan fingerprint density at radius 3 is 2.79 bits per heavy atom. The van der Waals surface area contributed by atoms with E-state index in [1.165, 1.54) is 4.90 Å². The summed E-state index contributed by atoms with van der Waals surface area (Å²) in [6.07, 6.45) is -0.446. The SMILES string of the molecule is O=C(OC1CCOC1=O)C1CC(=O)N(c2ccc3c(c2)OCO3)C1. The van der Waals surface area contributed by atoms with Crippen LogP contribution in [-0.2, 0) is 23.9 Å². The first-order valence-electron chi connectivity index (χ1n) is 7.69. The van der Waals surface area contributed by atoms with Crippen LogP contribution in [0.4, 0.5) is 5.69 Å². The van der Waals surface area contributed by atoms with Crippen molar-refractivity contribution in [2.45, 2.75) is 18.9 Å². The van der Waals surface area contributed by atoms with Gasteiger partial charge in [-0.15, -0.1) is 0 Å². The van der Waals surface area contributed by atoms with Crippen molar-refractivity contribution in [1.29, 1.82) is 0 Å². The van der Waals surface area contributed by atoms with Crippen LogP contribution >= 0.6 is 0 Å². The van der Waals surface area contributed by atoms with Crippen LogP contribution in [0.1, 0.15) is 12.8 Å². The van der Waals surface area contributed by atoms with Gasteiger partial charge in [0.25, 0.3) is 0 Å². The fourth-order valence-electron chi connectivity index (χ4n) is 2.99. The first kappa shape index (κ1) is 14.8. The highest BCUT2D eigenvalue weighted by atomic mass is 16.7. The lowest BCUT2D eigenvalue weighted by molar-refractivity contribution is -0.162. The summed E-state index contributed by atoms with van der Waals surface area (Å²) in [5.74, 6) is -0.655. The highest BCUT2D eigenvalue weighted by Gasteiger charge is 2.39. The fraction of sp³-hybridized carbons (Fsp3) is 0.438. The molecule has 0 aliphatic carbocycles. The zero-order valence-electron chi connectivity index (χ0n) is 12.7. The standard InChI is InChI=1S/C16H15NO7/c18-14-5-9(15(19)24-12-3-4-21-16(12)20)7-17(14)10-1-2-11-13(6-10)23-8-22-11/h1-2,6,9,12H,3-5,7-8H2. The molecule has 2 atom stereocenters. The average molecular weight is 333 g/mol. The van der Waals surface area contributed by atoms with E-state index in [4.69, 9.17) is 18.9 Å². The van der Waals surface area contributed by atoms with Gasteiger partial charge in [-0.2, -0.15) is 0 Å². The molecule has 8 nitrogen and oxygen atoms in total. The van der Waals surface area contributed by atoms with E-state index in [0.717, 1.165) is 0 Å². The molecule has 0 aromatic heterocycles. The van der Waals surface area contributed by atoms with Gasteiger partial charge in [0, 0.05) is 31.1 Å². The summed E-state index contributed by atoms with van der Waals surface area (Å²) in [4.78, 5) is 37.3. The number of carbonyl (C=O) groups excluding carboxylic acids is 3. The molecule has 3 heterocycles. The highest BCUT2D eigenvalue weighted by molar-refractivity contribution is 6.00. The van der Waals surface area contributed by atoms with Crippen molar-refractivity contribution >= 4 is 23.5 Å². The van der Waals surface area contributed by atoms with Crippen LogP contribution in [0.3, 0.4) is 0 Å². The Labute approximate surface area is 137 Å². The molecule has 0 radical (unpaired) electrons. The predicted octanol–water partition coefficient (Wildman–Crippen LogP) is 0.627. The molecule has 1 amide bonds. The van der Waals surface area contributed by atoms with Crippen molar-refractivity contribution in [1.82, 2.24) is 0 Å². The maximum absolute atomic E-state index is 12.2. The molecular formula is C16H15NO7. The topological polar surface area (TPSA) is 91.4 Å². The van der Waals surface area contributed by atoms with E-state index < -0.39 is 24.0 Å². The Hall–Kier alpha value is -2.77. The lowest BCUT2D eigenvalue weighted by atomic mass is 10.1. The first-order valence-corrected chi connectivity index (χ1v) is 7.69. The number of ether oxygens (including phenoxy) is 4. The van der Waals surface area contributed by atoms with Crippen LogP contribution in [0, 0.1) is 5.92 Å². The molecule has 0 saturated carbocycles. The second-order valence-electron chi connectivity index (χ2n) is 5.82. The molecule has 4 rings (SSSR count). The Bertz CT molecular complexity index is 716. The van der Waals surface area contributed by atoms with Crippen LogP contribution in [0.5, 0.6) is 11.5 Å². The molecule has 3 aliphatic heterocycles. The Balaban J connectivity index is 1.45. The summed E-state index contributed by atoms with van der Waals surface area (Å²) in [7, 11) is 0. The molecule has 2 fully saturated rings. The van der Waals surface area contributed by atoms with Crippen molar-refractivity contribution < 1.29 is 33.3 Å². The minimum Gasteiger partial charge on any atom is -0.463 e. The largest absolute Gasteiger partial charge is 0.463 e. The van der Waals surface area contributed by atoms with Crippen LogP contribution in [0.25, 0.3) is 0 Å². The highest BCUT2D eigenvalue weighted by Crippen LogP contribution is 2.37. The van der Waals surface area contributed by atoms with E-state index in [1.54, 1.807) is 18.2 Å². The van der Waals surface area contributed by atoms with Crippen molar-refractivity contribution in [2.75, 3.05) is 24.8 Å². The average Bonchev–Trinajstić information content (AvgIpc) is 3.27. The van der Waals surface area contributed by atoms with Gasteiger partial charge >= 0.3 is 11.9 Å². The second-order valence-corrected chi connectivity index (χ2v) is 5.82.